The van der Waals surface area contributed by atoms with Crippen LogP contribution in [0, 0.1) is 0 Å². The summed E-state index contributed by atoms with van der Waals surface area (Å²) in [5.74, 6) is 2.27. The minimum atomic E-state index is 0.0156. The van der Waals surface area contributed by atoms with Gasteiger partial charge in [0.1, 0.15) is 0 Å². The summed E-state index contributed by atoms with van der Waals surface area (Å²) in [6, 6.07) is 7.75. The first kappa shape index (κ1) is 14.2. The van der Waals surface area contributed by atoms with Gasteiger partial charge in [-0.05, 0) is 23.8 Å². The summed E-state index contributed by atoms with van der Waals surface area (Å²) in [5.41, 5.74) is 4.62. The second kappa shape index (κ2) is 4.92. The molecule has 0 spiro atoms. The van der Waals surface area contributed by atoms with Crippen molar-refractivity contribution in [1.82, 2.24) is 4.98 Å². The lowest BCUT2D eigenvalue weighted by atomic mass is 10.1. The number of ether oxygens (including phenoxy) is 4. The molecule has 25 heavy (non-hydrogen) atoms. The van der Waals surface area contributed by atoms with Gasteiger partial charge in [0.2, 0.25) is 12.5 Å². The van der Waals surface area contributed by atoms with Gasteiger partial charge in [-0.3, -0.25) is 0 Å². The van der Waals surface area contributed by atoms with E-state index < -0.39 is 0 Å². The van der Waals surface area contributed by atoms with Crippen LogP contribution in [0.25, 0.3) is 22.2 Å². The third-order valence-electron chi connectivity index (χ3n) is 4.76. The molecule has 0 saturated carbocycles. The third kappa shape index (κ3) is 1.88. The topological polar surface area (TPSA) is 70.0 Å². The largest absolute Gasteiger partial charge is 0.502 e. The Balaban J connectivity index is 1.76. The van der Waals surface area contributed by atoms with E-state index in [1.807, 2.05) is 18.2 Å². The Hall–Kier alpha value is -3.15. The molecule has 1 N–H and O–H groups in total. The monoisotopic (exact) mass is 337 g/mol. The van der Waals surface area contributed by atoms with Gasteiger partial charge in [-0.25, -0.2) is 4.98 Å². The summed E-state index contributed by atoms with van der Waals surface area (Å²) >= 11 is 0. The standard InChI is InChI=1S/C19H15NO5/c1-22-16-6-11-12(19(23-2)18(16)21)4-10-3-9-5-14-15(25-8-24-14)7-13(9)20-17(10)11/h3,5-7,21H,4,8H2,1-2H3. The molecule has 1 aliphatic heterocycles. The van der Waals surface area contributed by atoms with E-state index in [1.165, 1.54) is 7.11 Å². The van der Waals surface area contributed by atoms with Crippen molar-refractivity contribution >= 4 is 10.9 Å². The molecule has 0 amide bonds. The molecule has 2 heterocycles. The number of hydrogen-bond acceptors (Lipinski definition) is 6. The Kier molecular flexibility index (Phi) is 2.80. The molecule has 0 bridgehead atoms. The molecule has 0 atom stereocenters. The van der Waals surface area contributed by atoms with Crippen LogP contribution in [0.1, 0.15) is 11.1 Å². The van der Waals surface area contributed by atoms with Crippen molar-refractivity contribution in [1.29, 1.82) is 0 Å². The molecular weight excluding hydrogens is 322 g/mol. The summed E-state index contributed by atoms with van der Waals surface area (Å²) in [6.07, 6.45) is 0.642. The Labute approximate surface area is 143 Å². The number of phenols is 1. The number of hydrogen-bond donors (Lipinski definition) is 1. The number of aromatic nitrogens is 1. The van der Waals surface area contributed by atoms with Gasteiger partial charge in [-0.15, -0.1) is 0 Å². The lowest BCUT2D eigenvalue weighted by Gasteiger charge is -2.13. The molecule has 0 unspecified atom stereocenters. The van der Waals surface area contributed by atoms with Gasteiger partial charge >= 0.3 is 0 Å². The molecule has 1 aliphatic carbocycles. The fourth-order valence-corrected chi connectivity index (χ4v) is 3.59. The van der Waals surface area contributed by atoms with Crippen molar-refractivity contribution < 1.29 is 24.1 Å². The van der Waals surface area contributed by atoms with Gasteiger partial charge in [0.05, 0.1) is 25.4 Å². The molecular formula is C19H15NO5. The molecule has 2 aromatic carbocycles. The van der Waals surface area contributed by atoms with E-state index in [1.54, 1.807) is 7.11 Å². The highest BCUT2D eigenvalue weighted by atomic mass is 16.7. The number of rotatable bonds is 2. The van der Waals surface area contributed by atoms with Gasteiger partial charge in [0.25, 0.3) is 0 Å². The maximum atomic E-state index is 10.3. The normalized spacial score (nSPS) is 13.7. The van der Waals surface area contributed by atoms with Crippen LogP contribution in [0.15, 0.2) is 24.3 Å². The van der Waals surface area contributed by atoms with E-state index >= 15 is 0 Å². The van der Waals surface area contributed by atoms with Crippen LogP contribution in [0.5, 0.6) is 28.7 Å². The summed E-state index contributed by atoms with van der Waals surface area (Å²) < 4.78 is 21.6. The molecule has 0 fully saturated rings. The zero-order valence-corrected chi connectivity index (χ0v) is 13.8. The highest BCUT2D eigenvalue weighted by molar-refractivity contribution is 5.90. The number of phenolic OH excluding ortho intramolecular Hbond substituents is 1. The highest BCUT2D eigenvalue weighted by Gasteiger charge is 2.29. The molecule has 6 heteroatoms. The van der Waals surface area contributed by atoms with E-state index in [-0.39, 0.29) is 12.5 Å². The smallest absolute Gasteiger partial charge is 0.231 e. The molecule has 5 rings (SSSR count). The summed E-state index contributed by atoms with van der Waals surface area (Å²) in [7, 11) is 3.06. The Morgan fingerprint density at radius 2 is 1.84 bits per heavy atom. The number of nitrogens with zero attached hydrogens (tertiary/aromatic N) is 1. The van der Waals surface area contributed by atoms with Crippen molar-refractivity contribution in [3.63, 3.8) is 0 Å². The van der Waals surface area contributed by atoms with E-state index in [9.17, 15) is 5.11 Å². The summed E-state index contributed by atoms with van der Waals surface area (Å²) in [4.78, 5) is 4.83. The molecule has 0 saturated heterocycles. The SMILES string of the molecule is COc1cc2c(c(OC)c1O)Cc1cc3cc4c(cc3nc1-2)OCO4. The second-order valence-electron chi connectivity index (χ2n) is 6.06. The van der Waals surface area contributed by atoms with E-state index in [0.29, 0.717) is 23.7 Å². The maximum absolute atomic E-state index is 10.3. The quantitative estimate of drug-likeness (QED) is 0.605. The number of pyridine rings is 1. The zero-order chi connectivity index (χ0) is 17.1. The van der Waals surface area contributed by atoms with Crippen LogP contribution in [0.4, 0.5) is 0 Å². The van der Waals surface area contributed by atoms with Gasteiger partial charge in [-0.2, -0.15) is 0 Å². The fourth-order valence-electron chi connectivity index (χ4n) is 3.59. The average molecular weight is 337 g/mol. The van der Waals surface area contributed by atoms with E-state index in [2.05, 4.69) is 6.07 Å². The number of aromatic hydroxyl groups is 1. The molecule has 126 valence electrons. The van der Waals surface area contributed by atoms with E-state index in [4.69, 9.17) is 23.9 Å². The van der Waals surface area contributed by atoms with Crippen LogP contribution < -0.4 is 18.9 Å². The first-order valence-corrected chi connectivity index (χ1v) is 7.90. The average Bonchev–Trinajstić information content (AvgIpc) is 3.20. The van der Waals surface area contributed by atoms with Gasteiger partial charge in [0.15, 0.2) is 23.0 Å². The maximum Gasteiger partial charge on any atom is 0.231 e. The number of benzene rings is 2. The predicted molar refractivity (Wildman–Crippen MR) is 90.9 cm³/mol. The van der Waals surface area contributed by atoms with Crippen LogP contribution in [-0.2, 0) is 6.42 Å². The van der Waals surface area contributed by atoms with Crippen LogP contribution in [-0.4, -0.2) is 31.1 Å². The summed E-state index contributed by atoms with van der Waals surface area (Å²) in [6.45, 7) is 0.238. The minimum Gasteiger partial charge on any atom is -0.502 e. The number of methoxy groups -OCH3 is 2. The van der Waals surface area contributed by atoms with Gasteiger partial charge < -0.3 is 24.1 Å². The van der Waals surface area contributed by atoms with Crippen molar-refractivity contribution in [2.24, 2.45) is 0 Å². The minimum absolute atomic E-state index is 0.0156. The van der Waals surface area contributed by atoms with Crippen molar-refractivity contribution in [2.45, 2.75) is 6.42 Å². The molecule has 1 aromatic heterocycles. The molecule has 2 aliphatic rings. The van der Waals surface area contributed by atoms with Gasteiger partial charge in [0, 0.05) is 29.0 Å². The van der Waals surface area contributed by atoms with Crippen molar-refractivity contribution in [3.8, 4) is 40.0 Å². The van der Waals surface area contributed by atoms with E-state index in [0.717, 1.165) is 39.0 Å². The van der Waals surface area contributed by atoms with Gasteiger partial charge in [-0.1, -0.05) is 0 Å². The number of fused-ring (bicyclic) bond motifs is 5. The lowest BCUT2D eigenvalue weighted by molar-refractivity contribution is 0.174. The van der Waals surface area contributed by atoms with Crippen LogP contribution >= 0.6 is 0 Å². The third-order valence-corrected chi connectivity index (χ3v) is 4.76. The van der Waals surface area contributed by atoms with Crippen LogP contribution in [0.2, 0.25) is 0 Å². The summed E-state index contributed by atoms with van der Waals surface area (Å²) in [5, 5.41) is 11.3. The van der Waals surface area contributed by atoms with Crippen LogP contribution in [0.3, 0.4) is 0 Å². The lowest BCUT2D eigenvalue weighted by Crippen LogP contribution is -1.94. The fraction of sp³-hybridized carbons (Fsp3) is 0.211. The first-order chi connectivity index (χ1) is 12.2. The van der Waals surface area contributed by atoms with Crippen molar-refractivity contribution in [3.05, 3.63) is 35.4 Å². The second-order valence-corrected chi connectivity index (χ2v) is 6.06. The highest BCUT2D eigenvalue weighted by Crippen LogP contribution is 2.50. The Morgan fingerprint density at radius 3 is 2.60 bits per heavy atom. The Morgan fingerprint density at radius 1 is 1.04 bits per heavy atom. The zero-order valence-electron chi connectivity index (χ0n) is 13.8. The first-order valence-electron chi connectivity index (χ1n) is 7.90. The predicted octanol–water partition coefficient (Wildman–Crippen LogP) is 3.26. The molecule has 6 nitrogen and oxygen atoms in total. The Bertz CT molecular complexity index is 1040. The molecule has 0 radical (unpaired) electrons. The van der Waals surface area contributed by atoms with Crippen molar-refractivity contribution in [2.75, 3.05) is 21.0 Å². The molecule has 3 aromatic rings.